The van der Waals surface area contributed by atoms with Crippen molar-refractivity contribution in [3.05, 3.63) is 29.3 Å². The molecule has 2 rings (SSSR count). The summed E-state index contributed by atoms with van der Waals surface area (Å²) in [7, 11) is 1.68. The van der Waals surface area contributed by atoms with Crippen molar-refractivity contribution >= 4 is 5.90 Å². The van der Waals surface area contributed by atoms with Crippen molar-refractivity contribution in [1.29, 1.82) is 0 Å². The summed E-state index contributed by atoms with van der Waals surface area (Å²) < 4.78 is 11.0. The van der Waals surface area contributed by atoms with Crippen molar-refractivity contribution in [2.75, 3.05) is 13.7 Å². The van der Waals surface area contributed by atoms with Gasteiger partial charge in [-0.1, -0.05) is 19.9 Å². The predicted octanol–water partition coefficient (Wildman–Crippen LogP) is 2.81. The lowest BCUT2D eigenvalue weighted by Crippen LogP contribution is -2.13. The Morgan fingerprint density at radius 1 is 1.41 bits per heavy atom. The van der Waals surface area contributed by atoms with Gasteiger partial charge in [-0.15, -0.1) is 0 Å². The molecule has 0 aromatic heterocycles. The fourth-order valence-corrected chi connectivity index (χ4v) is 1.84. The van der Waals surface area contributed by atoms with Gasteiger partial charge in [-0.25, -0.2) is 4.99 Å². The van der Waals surface area contributed by atoms with Gasteiger partial charge in [0.15, 0.2) is 0 Å². The molecule has 3 nitrogen and oxygen atoms in total. The largest absolute Gasteiger partial charge is 0.496 e. The van der Waals surface area contributed by atoms with Gasteiger partial charge in [0.25, 0.3) is 0 Å². The first-order valence-electron chi connectivity index (χ1n) is 5.97. The molecule has 1 aromatic rings. The van der Waals surface area contributed by atoms with Crippen molar-refractivity contribution in [3.63, 3.8) is 0 Å². The Bertz CT molecular complexity index is 438. The number of nitrogens with zero attached hydrogens (tertiary/aromatic N) is 1. The molecule has 0 amide bonds. The lowest BCUT2D eigenvalue weighted by atomic mass is 10.1. The third-order valence-electron chi connectivity index (χ3n) is 3.10. The van der Waals surface area contributed by atoms with E-state index in [1.807, 2.05) is 25.1 Å². The van der Waals surface area contributed by atoms with Gasteiger partial charge in [0.2, 0.25) is 5.90 Å². The van der Waals surface area contributed by atoms with Crippen LogP contribution < -0.4 is 4.74 Å². The molecule has 17 heavy (non-hydrogen) atoms. The van der Waals surface area contributed by atoms with Crippen LogP contribution in [0, 0.1) is 12.8 Å². The van der Waals surface area contributed by atoms with Crippen molar-refractivity contribution in [2.24, 2.45) is 10.9 Å². The zero-order chi connectivity index (χ0) is 12.4. The number of hydrogen-bond acceptors (Lipinski definition) is 3. The number of rotatable bonds is 3. The number of hydrogen-bond donors (Lipinski definition) is 0. The molecule has 0 saturated heterocycles. The van der Waals surface area contributed by atoms with E-state index in [2.05, 4.69) is 18.8 Å². The second kappa shape index (κ2) is 4.78. The van der Waals surface area contributed by atoms with Crippen molar-refractivity contribution in [1.82, 2.24) is 0 Å². The summed E-state index contributed by atoms with van der Waals surface area (Å²) in [5.41, 5.74) is 2.12. The molecule has 0 spiro atoms. The first kappa shape index (κ1) is 12.0. The van der Waals surface area contributed by atoms with Crippen LogP contribution in [-0.4, -0.2) is 25.7 Å². The fraction of sp³-hybridized carbons (Fsp3) is 0.500. The lowest BCUT2D eigenvalue weighted by molar-refractivity contribution is 0.291. The molecular formula is C14H19NO2. The number of aliphatic imine (C=N–C) groups is 1. The van der Waals surface area contributed by atoms with Crippen LogP contribution in [0.3, 0.4) is 0 Å². The van der Waals surface area contributed by atoms with Crippen LogP contribution in [0.1, 0.15) is 25.0 Å². The lowest BCUT2D eigenvalue weighted by Gasteiger charge is -2.07. The van der Waals surface area contributed by atoms with Gasteiger partial charge in [0.1, 0.15) is 12.4 Å². The maximum atomic E-state index is 5.65. The third-order valence-corrected chi connectivity index (χ3v) is 3.10. The normalized spacial score (nSPS) is 19.1. The molecule has 1 aliphatic rings. The molecule has 0 aliphatic carbocycles. The number of methoxy groups -OCH3 is 1. The Morgan fingerprint density at radius 3 is 2.76 bits per heavy atom. The SMILES string of the molecule is COc1cc(C2=NC(C(C)C)CO2)ccc1C. The molecule has 0 fully saturated rings. The second-order valence-corrected chi connectivity index (χ2v) is 4.74. The minimum absolute atomic E-state index is 0.275. The van der Waals surface area contributed by atoms with Crippen LogP contribution >= 0.6 is 0 Å². The molecule has 0 radical (unpaired) electrons. The summed E-state index contributed by atoms with van der Waals surface area (Å²) in [6.45, 7) is 7.03. The first-order chi connectivity index (χ1) is 8.11. The molecule has 1 aliphatic heterocycles. The summed E-state index contributed by atoms with van der Waals surface area (Å²) in [6, 6.07) is 6.32. The highest BCUT2D eigenvalue weighted by Gasteiger charge is 2.23. The van der Waals surface area contributed by atoms with Gasteiger partial charge >= 0.3 is 0 Å². The minimum atomic E-state index is 0.275. The molecule has 1 aromatic carbocycles. The molecule has 92 valence electrons. The van der Waals surface area contributed by atoms with E-state index in [4.69, 9.17) is 9.47 Å². The van der Waals surface area contributed by atoms with E-state index in [0.29, 0.717) is 12.5 Å². The third kappa shape index (κ3) is 2.43. The van der Waals surface area contributed by atoms with E-state index in [1.54, 1.807) is 7.11 Å². The van der Waals surface area contributed by atoms with E-state index < -0.39 is 0 Å². The Labute approximate surface area is 102 Å². The summed E-state index contributed by atoms with van der Waals surface area (Å²) >= 11 is 0. The van der Waals surface area contributed by atoms with Crippen LogP contribution in [0.4, 0.5) is 0 Å². The zero-order valence-corrected chi connectivity index (χ0v) is 10.9. The van der Waals surface area contributed by atoms with Crippen molar-refractivity contribution in [3.8, 4) is 5.75 Å². The highest BCUT2D eigenvalue weighted by atomic mass is 16.5. The molecular weight excluding hydrogens is 214 g/mol. The average molecular weight is 233 g/mol. The Kier molecular flexibility index (Phi) is 3.36. The summed E-state index contributed by atoms with van der Waals surface area (Å²) in [5.74, 6) is 2.13. The maximum absolute atomic E-state index is 5.65. The van der Waals surface area contributed by atoms with Gasteiger partial charge in [-0.2, -0.15) is 0 Å². The minimum Gasteiger partial charge on any atom is -0.496 e. The van der Waals surface area contributed by atoms with E-state index in [1.165, 1.54) is 0 Å². The number of benzene rings is 1. The van der Waals surface area contributed by atoms with E-state index in [9.17, 15) is 0 Å². The van der Waals surface area contributed by atoms with E-state index in [-0.39, 0.29) is 6.04 Å². The predicted molar refractivity (Wildman–Crippen MR) is 68.8 cm³/mol. The topological polar surface area (TPSA) is 30.8 Å². The van der Waals surface area contributed by atoms with E-state index >= 15 is 0 Å². The summed E-state index contributed by atoms with van der Waals surface area (Å²) in [6.07, 6.45) is 0. The molecule has 1 heterocycles. The summed E-state index contributed by atoms with van der Waals surface area (Å²) in [4.78, 5) is 4.60. The van der Waals surface area contributed by atoms with Crippen LogP contribution in [-0.2, 0) is 4.74 Å². The molecule has 0 bridgehead atoms. The Morgan fingerprint density at radius 2 is 2.18 bits per heavy atom. The van der Waals surface area contributed by atoms with Gasteiger partial charge in [0, 0.05) is 5.56 Å². The highest BCUT2D eigenvalue weighted by Crippen LogP contribution is 2.23. The molecule has 1 atom stereocenters. The quantitative estimate of drug-likeness (QED) is 0.803. The van der Waals surface area contributed by atoms with Crippen LogP contribution in [0.25, 0.3) is 0 Å². The standard InChI is InChI=1S/C14H19NO2/c1-9(2)12-8-17-14(15-12)11-6-5-10(3)13(7-11)16-4/h5-7,9,12H,8H2,1-4H3. The molecule has 3 heteroatoms. The van der Waals surface area contributed by atoms with Crippen LogP contribution in [0.15, 0.2) is 23.2 Å². The summed E-state index contributed by atoms with van der Waals surface area (Å²) in [5, 5.41) is 0. The van der Waals surface area contributed by atoms with E-state index in [0.717, 1.165) is 22.8 Å². The molecule has 0 N–H and O–H groups in total. The van der Waals surface area contributed by atoms with Gasteiger partial charge in [0.05, 0.1) is 13.2 Å². The number of ether oxygens (including phenoxy) is 2. The first-order valence-corrected chi connectivity index (χ1v) is 5.97. The zero-order valence-electron chi connectivity index (χ0n) is 10.9. The average Bonchev–Trinajstić information content (AvgIpc) is 2.79. The van der Waals surface area contributed by atoms with Gasteiger partial charge in [-0.05, 0) is 30.5 Å². The highest BCUT2D eigenvalue weighted by molar-refractivity contribution is 5.95. The smallest absolute Gasteiger partial charge is 0.216 e. The molecule has 0 saturated carbocycles. The maximum Gasteiger partial charge on any atom is 0.216 e. The van der Waals surface area contributed by atoms with Crippen molar-refractivity contribution < 1.29 is 9.47 Å². The van der Waals surface area contributed by atoms with Crippen LogP contribution in [0.5, 0.6) is 5.75 Å². The Balaban J connectivity index is 2.27. The van der Waals surface area contributed by atoms with Gasteiger partial charge < -0.3 is 9.47 Å². The Hall–Kier alpha value is -1.51. The van der Waals surface area contributed by atoms with Crippen LogP contribution in [0.2, 0.25) is 0 Å². The fourth-order valence-electron chi connectivity index (χ4n) is 1.84. The van der Waals surface area contributed by atoms with Gasteiger partial charge in [-0.3, -0.25) is 0 Å². The molecule has 1 unspecified atom stereocenters. The monoisotopic (exact) mass is 233 g/mol. The van der Waals surface area contributed by atoms with Crippen molar-refractivity contribution in [2.45, 2.75) is 26.8 Å². The number of aryl methyl sites for hydroxylation is 1. The second-order valence-electron chi connectivity index (χ2n) is 4.74.